The lowest BCUT2D eigenvalue weighted by molar-refractivity contribution is -0.115. The van der Waals surface area contributed by atoms with Crippen molar-refractivity contribution in [2.75, 3.05) is 5.32 Å². The first kappa shape index (κ1) is 14.8. The van der Waals surface area contributed by atoms with Gasteiger partial charge in [-0.2, -0.15) is 0 Å². The lowest BCUT2D eigenvalue weighted by atomic mass is 10.1. The first-order valence-electron chi connectivity index (χ1n) is 6.49. The molecule has 2 N–H and O–H groups in total. The van der Waals surface area contributed by atoms with Crippen molar-refractivity contribution in [1.29, 1.82) is 0 Å². The number of anilines is 1. The zero-order valence-corrected chi connectivity index (χ0v) is 12.2. The Labute approximate surface area is 122 Å². The fourth-order valence-corrected chi connectivity index (χ4v) is 2.29. The van der Waals surface area contributed by atoms with Gasteiger partial charge in [-0.1, -0.05) is 0 Å². The number of pyridine rings is 1. The van der Waals surface area contributed by atoms with Gasteiger partial charge in [0.25, 0.3) is 0 Å². The summed E-state index contributed by atoms with van der Waals surface area (Å²) in [6, 6.07) is 3.59. The third-order valence-corrected chi connectivity index (χ3v) is 3.22. The summed E-state index contributed by atoms with van der Waals surface area (Å²) in [5.41, 5.74) is 2.29. The fraction of sp³-hybridized carbons (Fsp3) is 0.267. The van der Waals surface area contributed by atoms with E-state index in [9.17, 15) is 14.7 Å². The Kier molecular flexibility index (Phi) is 4.07. The van der Waals surface area contributed by atoms with E-state index in [1.165, 1.54) is 0 Å². The quantitative estimate of drug-likeness (QED) is 0.899. The van der Waals surface area contributed by atoms with Crippen LogP contribution in [0.2, 0.25) is 0 Å². The Morgan fingerprint density at radius 1 is 1.38 bits per heavy atom. The molecule has 0 aliphatic carbocycles. The minimum atomic E-state index is -1.02. The van der Waals surface area contributed by atoms with E-state index in [0.29, 0.717) is 17.1 Å². The van der Waals surface area contributed by atoms with Crippen molar-refractivity contribution in [1.82, 2.24) is 9.55 Å². The van der Waals surface area contributed by atoms with Crippen LogP contribution in [0.5, 0.6) is 0 Å². The molecule has 2 rings (SSSR count). The van der Waals surface area contributed by atoms with Gasteiger partial charge in [0.15, 0.2) is 0 Å². The van der Waals surface area contributed by atoms with E-state index in [2.05, 4.69) is 10.3 Å². The number of aryl methyl sites for hydroxylation is 3. The molecule has 0 unspecified atom stereocenters. The molecule has 0 saturated heterocycles. The highest BCUT2D eigenvalue weighted by molar-refractivity contribution is 5.96. The topological polar surface area (TPSA) is 84.2 Å². The molecule has 6 nitrogen and oxygen atoms in total. The van der Waals surface area contributed by atoms with Gasteiger partial charge >= 0.3 is 5.97 Å². The van der Waals surface area contributed by atoms with E-state index in [-0.39, 0.29) is 17.9 Å². The maximum Gasteiger partial charge on any atom is 0.337 e. The molecule has 0 aliphatic heterocycles. The normalized spacial score (nSPS) is 10.4. The predicted molar refractivity (Wildman–Crippen MR) is 78.4 cm³/mol. The van der Waals surface area contributed by atoms with E-state index >= 15 is 0 Å². The van der Waals surface area contributed by atoms with Crippen LogP contribution in [0.4, 0.5) is 5.82 Å². The molecule has 2 aromatic rings. The van der Waals surface area contributed by atoms with Crippen molar-refractivity contribution in [2.24, 2.45) is 7.05 Å². The highest BCUT2D eigenvalue weighted by atomic mass is 16.4. The Hall–Kier alpha value is -2.63. The Balaban J connectivity index is 2.19. The molecule has 2 heterocycles. The van der Waals surface area contributed by atoms with Crippen molar-refractivity contribution in [3.63, 3.8) is 0 Å². The number of hydrogen-bond donors (Lipinski definition) is 2. The fourth-order valence-electron chi connectivity index (χ4n) is 2.29. The number of carbonyl (C=O) groups excluding carboxylic acids is 1. The maximum absolute atomic E-state index is 12.1. The van der Waals surface area contributed by atoms with Gasteiger partial charge in [-0.05, 0) is 37.1 Å². The van der Waals surface area contributed by atoms with Gasteiger partial charge in [-0.25, -0.2) is 9.78 Å². The molecule has 0 radical (unpaired) electrons. The third kappa shape index (κ3) is 3.28. The number of carboxylic acids is 1. The Morgan fingerprint density at radius 3 is 2.71 bits per heavy atom. The van der Waals surface area contributed by atoms with Crippen LogP contribution < -0.4 is 5.32 Å². The number of nitrogens with zero attached hydrogens (tertiary/aromatic N) is 2. The second-order valence-electron chi connectivity index (χ2n) is 4.99. The molecule has 0 fully saturated rings. The van der Waals surface area contributed by atoms with Crippen LogP contribution in [-0.2, 0) is 18.3 Å². The van der Waals surface area contributed by atoms with E-state index < -0.39 is 5.97 Å². The van der Waals surface area contributed by atoms with Crippen molar-refractivity contribution in [3.8, 4) is 0 Å². The summed E-state index contributed by atoms with van der Waals surface area (Å²) in [4.78, 5) is 27.4. The average molecular weight is 287 g/mol. The molecule has 110 valence electrons. The van der Waals surface area contributed by atoms with E-state index in [1.54, 1.807) is 37.0 Å². The summed E-state index contributed by atoms with van der Waals surface area (Å²) in [6.07, 6.45) is 3.30. The predicted octanol–water partition coefficient (Wildman–Crippen LogP) is 1.92. The molecule has 0 bridgehead atoms. The Morgan fingerprint density at radius 2 is 2.10 bits per heavy atom. The summed E-state index contributed by atoms with van der Waals surface area (Å²) in [7, 11) is 1.73. The molecule has 0 aliphatic rings. The zero-order chi connectivity index (χ0) is 15.6. The molecule has 0 aromatic carbocycles. The molecule has 2 aromatic heterocycles. The number of carbonyl (C=O) groups is 2. The van der Waals surface area contributed by atoms with Crippen LogP contribution in [0.1, 0.15) is 27.2 Å². The van der Waals surface area contributed by atoms with Crippen LogP contribution in [0.15, 0.2) is 24.5 Å². The van der Waals surface area contributed by atoms with Crippen LogP contribution in [-0.4, -0.2) is 26.5 Å². The number of amides is 1. The van der Waals surface area contributed by atoms with Gasteiger partial charge in [-0.15, -0.1) is 0 Å². The number of aromatic carboxylic acids is 1. The number of hydrogen-bond acceptors (Lipinski definition) is 3. The molecule has 0 spiro atoms. The molecule has 0 saturated carbocycles. The third-order valence-electron chi connectivity index (χ3n) is 3.22. The number of nitrogens with one attached hydrogen (secondary N) is 1. The van der Waals surface area contributed by atoms with E-state index in [4.69, 9.17) is 0 Å². The molecule has 1 amide bonds. The van der Waals surface area contributed by atoms with Crippen molar-refractivity contribution in [2.45, 2.75) is 20.3 Å². The summed E-state index contributed by atoms with van der Waals surface area (Å²) >= 11 is 0. The molecule has 0 atom stereocenters. The molecule has 6 heteroatoms. The van der Waals surface area contributed by atoms with Gasteiger partial charge in [0.2, 0.25) is 5.91 Å². The van der Waals surface area contributed by atoms with Crippen molar-refractivity contribution in [3.05, 3.63) is 46.9 Å². The lowest BCUT2D eigenvalue weighted by Crippen LogP contribution is -2.18. The lowest BCUT2D eigenvalue weighted by Gasteiger charge is -2.07. The first-order valence-corrected chi connectivity index (χ1v) is 6.49. The highest BCUT2D eigenvalue weighted by Gasteiger charge is 2.20. The van der Waals surface area contributed by atoms with E-state index in [0.717, 1.165) is 5.56 Å². The van der Waals surface area contributed by atoms with Crippen LogP contribution >= 0.6 is 0 Å². The van der Waals surface area contributed by atoms with Crippen LogP contribution in [0.25, 0.3) is 0 Å². The smallest absolute Gasteiger partial charge is 0.337 e. The summed E-state index contributed by atoms with van der Waals surface area (Å²) in [5.74, 6) is -0.857. The van der Waals surface area contributed by atoms with Gasteiger partial charge < -0.3 is 15.0 Å². The monoisotopic (exact) mass is 287 g/mol. The number of aromatic nitrogens is 2. The van der Waals surface area contributed by atoms with Crippen molar-refractivity contribution >= 4 is 17.7 Å². The van der Waals surface area contributed by atoms with Gasteiger partial charge in [0, 0.05) is 25.1 Å². The number of rotatable bonds is 4. The first-order chi connectivity index (χ1) is 9.88. The SMILES string of the molecule is Cc1ccnc(NC(=O)Cc2c(C(=O)O)c(C)cn2C)c1. The summed E-state index contributed by atoms with van der Waals surface area (Å²) in [5, 5.41) is 11.9. The van der Waals surface area contributed by atoms with E-state index in [1.807, 2.05) is 13.0 Å². The zero-order valence-electron chi connectivity index (χ0n) is 12.2. The second-order valence-corrected chi connectivity index (χ2v) is 4.99. The largest absolute Gasteiger partial charge is 0.478 e. The molecular weight excluding hydrogens is 270 g/mol. The summed E-state index contributed by atoms with van der Waals surface area (Å²) < 4.78 is 1.67. The van der Waals surface area contributed by atoms with Gasteiger partial charge in [0.1, 0.15) is 5.82 Å². The molecular formula is C15H17N3O3. The average Bonchev–Trinajstić information content (AvgIpc) is 2.63. The van der Waals surface area contributed by atoms with Gasteiger partial charge in [-0.3, -0.25) is 4.79 Å². The second kappa shape index (κ2) is 5.78. The van der Waals surface area contributed by atoms with Crippen LogP contribution in [0, 0.1) is 13.8 Å². The molecule has 21 heavy (non-hydrogen) atoms. The minimum absolute atomic E-state index is 0.0123. The highest BCUT2D eigenvalue weighted by Crippen LogP contribution is 2.17. The standard InChI is InChI=1S/C15H17N3O3/c1-9-4-5-16-12(6-9)17-13(19)7-11-14(15(20)21)10(2)8-18(11)3/h4-6,8H,7H2,1-3H3,(H,20,21)(H,16,17,19). The van der Waals surface area contributed by atoms with Crippen LogP contribution in [0.3, 0.4) is 0 Å². The number of carboxylic acid groups (broad SMARTS) is 1. The van der Waals surface area contributed by atoms with Gasteiger partial charge in [0.05, 0.1) is 12.0 Å². The maximum atomic E-state index is 12.1. The summed E-state index contributed by atoms with van der Waals surface area (Å²) in [6.45, 7) is 3.62. The van der Waals surface area contributed by atoms with Crippen molar-refractivity contribution < 1.29 is 14.7 Å². The Bertz CT molecular complexity index is 704. The minimum Gasteiger partial charge on any atom is -0.478 e.